The van der Waals surface area contributed by atoms with Crippen LogP contribution in [-0.4, -0.2) is 36.2 Å². The van der Waals surface area contributed by atoms with Gasteiger partial charge in [0, 0.05) is 47.7 Å². The molecule has 2 fully saturated rings. The van der Waals surface area contributed by atoms with Gasteiger partial charge in [0.1, 0.15) is 5.82 Å². The number of aromatic nitrogens is 2. The molecule has 2 N–H and O–H groups in total. The van der Waals surface area contributed by atoms with E-state index in [4.69, 9.17) is 28.2 Å². The van der Waals surface area contributed by atoms with E-state index < -0.39 is 16.1 Å². The van der Waals surface area contributed by atoms with Gasteiger partial charge in [0.05, 0.1) is 22.6 Å². The molecule has 1 aliphatic carbocycles. The van der Waals surface area contributed by atoms with Crippen LogP contribution in [0.5, 0.6) is 0 Å². The molecule has 0 unspecified atom stereocenters. The summed E-state index contributed by atoms with van der Waals surface area (Å²) in [6.07, 6.45) is 11.9. The van der Waals surface area contributed by atoms with E-state index in [2.05, 4.69) is 58.2 Å². The van der Waals surface area contributed by atoms with Gasteiger partial charge in [-0.2, -0.15) is 8.42 Å². The van der Waals surface area contributed by atoms with E-state index in [0.29, 0.717) is 33.5 Å². The van der Waals surface area contributed by atoms with Crippen molar-refractivity contribution < 1.29 is 13.5 Å². The van der Waals surface area contributed by atoms with Gasteiger partial charge in [-0.1, -0.05) is 97.8 Å². The summed E-state index contributed by atoms with van der Waals surface area (Å²) in [5.74, 6) is 2.03. The number of benzene rings is 4. The van der Waals surface area contributed by atoms with Gasteiger partial charge in [-0.05, 0) is 83.5 Å². The highest BCUT2D eigenvalue weighted by molar-refractivity contribution is 7.91. The molecule has 8 nitrogen and oxygen atoms in total. The van der Waals surface area contributed by atoms with Crippen molar-refractivity contribution in [2.75, 3.05) is 22.3 Å². The topological polar surface area (TPSA) is 90.7 Å². The molecule has 262 valence electrons. The summed E-state index contributed by atoms with van der Waals surface area (Å²) >= 11 is 12.8. The Labute approximate surface area is 309 Å². The number of aliphatic hydroxyl groups is 1. The van der Waals surface area contributed by atoms with Crippen LogP contribution < -0.4 is 13.9 Å². The Balaban J connectivity index is 1.04. The second kappa shape index (κ2) is 13.9. The number of hydrogen-bond acceptors (Lipinski definition) is 5. The van der Waals surface area contributed by atoms with Crippen molar-refractivity contribution in [2.45, 2.75) is 44.9 Å². The molecule has 1 aromatic heterocycles. The van der Waals surface area contributed by atoms with Crippen molar-refractivity contribution in [3.8, 4) is 28.1 Å². The summed E-state index contributed by atoms with van der Waals surface area (Å²) in [6, 6.07) is 29.9. The zero-order valence-corrected chi connectivity index (χ0v) is 30.4. The maximum absolute atomic E-state index is 12.6. The van der Waals surface area contributed by atoms with Crippen LogP contribution in [0.1, 0.15) is 49.9 Å². The fourth-order valence-corrected chi connectivity index (χ4v) is 9.40. The highest BCUT2D eigenvalue weighted by Crippen LogP contribution is 2.37. The standard InChI is InChI=1S/C40H39Cl2N5O3S/c41-32-15-18-36(37(42)22-32)38-25-46(34-7-4-8-35(23-34)47-26-40(48)44-51(47,49)50)39(43-38)21-27-9-11-29(12-10-27)30-13-16-33(17-14-30)45-20-19-31(24-45)28-5-2-1-3-6-28/h4,7-18,22-23,25-26,28,31,44,48H,1-3,5-6,19-21,24H2/t31-/m0/s1. The molecule has 3 heterocycles. The molecule has 1 saturated carbocycles. The van der Waals surface area contributed by atoms with Crippen LogP contribution in [0.15, 0.2) is 109 Å². The molecular weight excluding hydrogens is 701 g/mol. The van der Waals surface area contributed by atoms with Gasteiger partial charge in [0.25, 0.3) is 0 Å². The summed E-state index contributed by atoms with van der Waals surface area (Å²) in [5.41, 5.74) is 7.15. The molecule has 5 aromatic rings. The predicted octanol–water partition coefficient (Wildman–Crippen LogP) is 9.52. The molecule has 0 bridgehead atoms. The monoisotopic (exact) mass is 739 g/mol. The maximum Gasteiger partial charge on any atom is 0.330 e. The van der Waals surface area contributed by atoms with E-state index in [1.807, 2.05) is 22.9 Å². The van der Waals surface area contributed by atoms with E-state index >= 15 is 0 Å². The molecule has 2 aliphatic heterocycles. The van der Waals surface area contributed by atoms with Crippen LogP contribution in [0.25, 0.3) is 28.1 Å². The van der Waals surface area contributed by atoms with Gasteiger partial charge in [-0.3, -0.25) is 0 Å². The lowest BCUT2D eigenvalue weighted by Gasteiger charge is -2.28. The Bertz CT molecular complexity index is 2200. The highest BCUT2D eigenvalue weighted by Gasteiger charge is 2.31. The molecule has 4 aromatic carbocycles. The van der Waals surface area contributed by atoms with Gasteiger partial charge < -0.3 is 14.6 Å². The van der Waals surface area contributed by atoms with Gasteiger partial charge in [0.15, 0.2) is 0 Å². The number of nitrogens with zero attached hydrogens (tertiary/aromatic N) is 4. The first-order chi connectivity index (χ1) is 24.7. The summed E-state index contributed by atoms with van der Waals surface area (Å²) in [7, 11) is -3.95. The predicted molar refractivity (Wildman–Crippen MR) is 206 cm³/mol. The number of nitrogens with one attached hydrogen (secondary N) is 1. The molecule has 1 saturated heterocycles. The van der Waals surface area contributed by atoms with Crippen LogP contribution in [0.2, 0.25) is 10.0 Å². The first kappa shape index (κ1) is 33.7. The molecule has 11 heteroatoms. The maximum atomic E-state index is 12.6. The summed E-state index contributed by atoms with van der Waals surface area (Å²) in [6.45, 7) is 2.33. The Morgan fingerprint density at radius 1 is 0.804 bits per heavy atom. The van der Waals surface area contributed by atoms with Crippen molar-refractivity contribution >= 4 is 44.8 Å². The normalized spacial score (nSPS) is 18.9. The third-order valence-electron chi connectivity index (χ3n) is 10.5. The number of imidazole rings is 1. The average molecular weight is 741 g/mol. The number of aliphatic hydroxyl groups excluding tert-OH is 1. The van der Waals surface area contributed by atoms with Crippen molar-refractivity contribution in [1.82, 2.24) is 14.3 Å². The smallest absolute Gasteiger partial charge is 0.330 e. The van der Waals surface area contributed by atoms with Crippen LogP contribution >= 0.6 is 23.2 Å². The highest BCUT2D eigenvalue weighted by atomic mass is 35.5. The quantitative estimate of drug-likeness (QED) is 0.166. The molecule has 3 aliphatic rings. The van der Waals surface area contributed by atoms with Crippen LogP contribution in [0.3, 0.4) is 0 Å². The molecule has 0 amide bonds. The van der Waals surface area contributed by atoms with Crippen molar-refractivity contribution in [3.63, 3.8) is 0 Å². The fraction of sp³-hybridized carbons (Fsp3) is 0.275. The Kier molecular flexibility index (Phi) is 9.21. The fourth-order valence-electron chi connectivity index (χ4n) is 7.85. The van der Waals surface area contributed by atoms with Gasteiger partial charge in [-0.15, -0.1) is 0 Å². The molecule has 0 spiro atoms. The number of halogens is 2. The molecule has 1 atom stereocenters. The van der Waals surface area contributed by atoms with E-state index in [0.717, 1.165) is 51.4 Å². The molecule has 0 radical (unpaired) electrons. The Hall–Kier alpha value is -4.44. The van der Waals surface area contributed by atoms with Crippen LogP contribution in [-0.2, 0) is 16.6 Å². The minimum atomic E-state index is -3.95. The van der Waals surface area contributed by atoms with Gasteiger partial charge >= 0.3 is 10.2 Å². The zero-order chi connectivity index (χ0) is 35.1. The van der Waals surface area contributed by atoms with E-state index in [1.165, 1.54) is 56.3 Å². The second-order valence-electron chi connectivity index (χ2n) is 13.8. The molecular formula is C40H39Cl2N5O3S. The van der Waals surface area contributed by atoms with Crippen molar-refractivity contribution in [1.29, 1.82) is 0 Å². The Morgan fingerprint density at radius 3 is 2.24 bits per heavy atom. The third-order valence-corrected chi connectivity index (χ3v) is 12.4. The van der Waals surface area contributed by atoms with E-state index in [1.54, 1.807) is 30.3 Å². The van der Waals surface area contributed by atoms with Crippen LogP contribution in [0, 0.1) is 11.8 Å². The van der Waals surface area contributed by atoms with Gasteiger partial charge in [-0.25, -0.2) is 14.0 Å². The Morgan fingerprint density at radius 2 is 1.53 bits per heavy atom. The van der Waals surface area contributed by atoms with E-state index in [9.17, 15) is 13.5 Å². The summed E-state index contributed by atoms with van der Waals surface area (Å²) in [4.78, 5) is 7.57. The van der Waals surface area contributed by atoms with Crippen LogP contribution in [0.4, 0.5) is 11.4 Å². The first-order valence-electron chi connectivity index (χ1n) is 17.5. The third kappa shape index (κ3) is 7.07. The zero-order valence-electron chi connectivity index (χ0n) is 28.1. The van der Waals surface area contributed by atoms with Crippen molar-refractivity contribution in [2.24, 2.45) is 11.8 Å². The lowest BCUT2D eigenvalue weighted by molar-refractivity contribution is 0.265. The second-order valence-corrected chi connectivity index (χ2v) is 16.2. The number of anilines is 2. The summed E-state index contributed by atoms with van der Waals surface area (Å²) in [5, 5.41) is 10.9. The SMILES string of the molecule is O=S1(=O)NC(O)=CN1c1cccc(-n2cc(-c3ccc(Cl)cc3Cl)nc2Cc2ccc(-c3ccc(N4CC[C@H](C5CCCCC5)C4)cc3)cc2)c1. The molecule has 8 rings (SSSR count). The minimum Gasteiger partial charge on any atom is -0.493 e. The van der Waals surface area contributed by atoms with Gasteiger partial charge in [0.2, 0.25) is 5.88 Å². The lowest BCUT2D eigenvalue weighted by atomic mass is 9.80. The van der Waals surface area contributed by atoms with E-state index in [-0.39, 0.29) is 0 Å². The minimum absolute atomic E-state index is 0.360. The lowest BCUT2D eigenvalue weighted by Crippen LogP contribution is -2.29. The first-order valence-corrected chi connectivity index (χ1v) is 19.7. The molecule has 51 heavy (non-hydrogen) atoms. The number of hydrogen-bond donors (Lipinski definition) is 2. The largest absolute Gasteiger partial charge is 0.493 e. The summed E-state index contributed by atoms with van der Waals surface area (Å²) < 4.78 is 30.3. The van der Waals surface area contributed by atoms with Crippen molar-refractivity contribution in [3.05, 3.63) is 131 Å². The number of rotatable bonds is 8. The average Bonchev–Trinajstić information content (AvgIpc) is 3.86.